The molecular formula is C51H30N6O. The van der Waals surface area contributed by atoms with Crippen molar-refractivity contribution in [3.8, 4) is 51.2 Å². The summed E-state index contributed by atoms with van der Waals surface area (Å²) in [7, 11) is 0. The van der Waals surface area contributed by atoms with Gasteiger partial charge in [-0.05, 0) is 41.1 Å². The summed E-state index contributed by atoms with van der Waals surface area (Å²) in [6.45, 7) is 0. The molecule has 0 atom stereocenters. The summed E-state index contributed by atoms with van der Waals surface area (Å²) < 4.78 is 4.14. The van der Waals surface area contributed by atoms with E-state index in [0.29, 0.717) is 28.7 Å². The van der Waals surface area contributed by atoms with Crippen LogP contribution in [0.3, 0.4) is 0 Å². The highest BCUT2D eigenvalue weighted by Crippen LogP contribution is 2.43. The molecule has 0 aliphatic heterocycles. The van der Waals surface area contributed by atoms with Gasteiger partial charge in [0.25, 0.3) is 5.56 Å². The van der Waals surface area contributed by atoms with Crippen molar-refractivity contribution in [1.82, 2.24) is 28.9 Å². The van der Waals surface area contributed by atoms with E-state index in [4.69, 9.17) is 19.9 Å². The van der Waals surface area contributed by atoms with Crippen LogP contribution in [0.1, 0.15) is 0 Å². The van der Waals surface area contributed by atoms with Gasteiger partial charge in [-0.2, -0.15) is 0 Å². The first-order valence-electron chi connectivity index (χ1n) is 19.3. The molecule has 8 aromatic carbocycles. The number of fused-ring (bicyclic) bond motifs is 7. The van der Waals surface area contributed by atoms with E-state index in [1.165, 1.54) is 0 Å². The van der Waals surface area contributed by atoms with Crippen molar-refractivity contribution in [3.63, 3.8) is 0 Å². The number of hydrogen-bond donors (Lipinski definition) is 0. The van der Waals surface area contributed by atoms with Gasteiger partial charge < -0.3 is 4.57 Å². The van der Waals surface area contributed by atoms with Crippen molar-refractivity contribution in [2.24, 2.45) is 0 Å². The Morgan fingerprint density at radius 1 is 0.379 bits per heavy atom. The van der Waals surface area contributed by atoms with Gasteiger partial charge in [0.2, 0.25) is 0 Å². The molecule has 0 amide bonds. The third kappa shape index (κ3) is 4.71. The Hall–Kier alpha value is -8.03. The molecule has 0 spiro atoms. The predicted molar refractivity (Wildman–Crippen MR) is 235 cm³/mol. The first-order valence-corrected chi connectivity index (χ1v) is 19.3. The van der Waals surface area contributed by atoms with Gasteiger partial charge in [-0.1, -0.05) is 152 Å². The molecule has 0 saturated carbocycles. The average molecular weight is 743 g/mol. The van der Waals surface area contributed by atoms with Crippen LogP contribution >= 0.6 is 0 Å². The van der Waals surface area contributed by atoms with Crippen LogP contribution in [0, 0.1) is 0 Å². The first-order chi connectivity index (χ1) is 28.7. The normalized spacial score (nSPS) is 11.9. The maximum Gasteiger partial charge on any atom is 0.264 e. The van der Waals surface area contributed by atoms with Crippen LogP contribution in [-0.2, 0) is 0 Å². The van der Waals surface area contributed by atoms with Gasteiger partial charge in [0.15, 0.2) is 17.5 Å². The van der Waals surface area contributed by atoms with Gasteiger partial charge in [0.05, 0.1) is 22.2 Å². The van der Waals surface area contributed by atoms with E-state index in [1.54, 1.807) is 0 Å². The quantitative estimate of drug-likeness (QED) is 0.164. The van der Waals surface area contributed by atoms with Gasteiger partial charge in [-0.3, -0.25) is 9.20 Å². The molecule has 270 valence electrons. The van der Waals surface area contributed by atoms with Crippen molar-refractivity contribution >= 4 is 59.8 Å². The van der Waals surface area contributed by atoms with E-state index in [1.807, 2.05) is 120 Å². The molecule has 12 aromatic rings. The third-order valence-electron chi connectivity index (χ3n) is 11.3. The minimum atomic E-state index is -0.0802. The van der Waals surface area contributed by atoms with E-state index in [0.717, 1.165) is 82.3 Å². The summed E-state index contributed by atoms with van der Waals surface area (Å²) in [4.78, 5) is 35.1. The van der Waals surface area contributed by atoms with Gasteiger partial charge in [0.1, 0.15) is 11.3 Å². The Labute approximate surface area is 331 Å². The van der Waals surface area contributed by atoms with E-state index in [9.17, 15) is 4.79 Å². The number of pyridine rings is 1. The molecule has 0 unspecified atom stereocenters. The number of benzene rings is 8. The molecule has 7 nitrogen and oxygen atoms in total. The fourth-order valence-corrected chi connectivity index (χ4v) is 8.75. The molecule has 12 rings (SSSR count). The van der Waals surface area contributed by atoms with Gasteiger partial charge in [-0.25, -0.2) is 19.9 Å². The van der Waals surface area contributed by atoms with E-state index >= 15 is 0 Å². The average Bonchev–Trinajstić information content (AvgIpc) is 3.86. The fourth-order valence-electron chi connectivity index (χ4n) is 8.75. The standard InChI is InChI=1S/C51H30N6O/c58-51-39-26-13-11-23-35(39)40-30-41-37-25-14-15-27-42(37)56(45(41)44-46(40)57(51)50(52-44)33-20-8-3-9-21-33)43-29-28-38(34-22-10-12-24-36(34)43)49-54-47(31-16-4-1-5-17-31)53-48(55-49)32-18-6-2-7-19-32/h1-30H. The number of hydrogen-bond acceptors (Lipinski definition) is 5. The van der Waals surface area contributed by atoms with Gasteiger partial charge in [-0.15, -0.1) is 0 Å². The number of nitrogens with zero attached hydrogens (tertiary/aromatic N) is 6. The topological polar surface area (TPSA) is 78.0 Å². The maximum atomic E-state index is 14.5. The van der Waals surface area contributed by atoms with Crippen molar-refractivity contribution in [2.75, 3.05) is 0 Å². The summed E-state index contributed by atoms with van der Waals surface area (Å²) in [6, 6.07) is 61.5. The Morgan fingerprint density at radius 3 is 1.57 bits per heavy atom. The summed E-state index contributed by atoms with van der Waals surface area (Å²) in [5, 5.41) is 6.78. The van der Waals surface area contributed by atoms with Gasteiger partial charge in [0, 0.05) is 49.2 Å². The highest BCUT2D eigenvalue weighted by molar-refractivity contribution is 6.26. The third-order valence-corrected chi connectivity index (χ3v) is 11.3. The van der Waals surface area contributed by atoms with Crippen molar-refractivity contribution < 1.29 is 0 Å². The van der Waals surface area contributed by atoms with Crippen molar-refractivity contribution in [1.29, 1.82) is 0 Å². The zero-order valence-corrected chi connectivity index (χ0v) is 30.9. The Bertz CT molecular complexity index is 3580. The Kier molecular flexibility index (Phi) is 6.94. The zero-order chi connectivity index (χ0) is 38.3. The molecule has 0 fully saturated rings. The summed E-state index contributed by atoms with van der Waals surface area (Å²) >= 11 is 0. The smallest absolute Gasteiger partial charge is 0.264 e. The van der Waals surface area contributed by atoms with Crippen LogP contribution in [0.25, 0.3) is 111 Å². The van der Waals surface area contributed by atoms with Crippen LogP contribution in [0.5, 0.6) is 0 Å². The largest absolute Gasteiger partial charge is 0.306 e. The second kappa shape index (κ2) is 12.5. The fraction of sp³-hybridized carbons (Fsp3) is 0. The van der Waals surface area contributed by atoms with Crippen LogP contribution in [0.15, 0.2) is 187 Å². The number of rotatable bonds is 5. The number of aromatic nitrogens is 6. The molecule has 0 aliphatic rings. The molecule has 7 heteroatoms. The highest BCUT2D eigenvalue weighted by Gasteiger charge is 2.26. The minimum Gasteiger partial charge on any atom is -0.306 e. The molecule has 0 aliphatic carbocycles. The Balaban J connectivity index is 1.18. The Morgan fingerprint density at radius 2 is 0.897 bits per heavy atom. The second-order valence-electron chi connectivity index (χ2n) is 14.6. The summed E-state index contributed by atoms with van der Waals surface area (Å²) in [5.74, 6) is 2.44. The molecule has 4 aromatic heterocycles. The number of para-hydroxylation sites is 1. The molecule has 0 bridgehead atoms. The van der Waals surface area contributed by atoms with E-state index in [-0.39, 0.29) is 5.56 Å². The lowest BCUT2D eigenvalue weighted by Crippen LogP contribution is -2.14. The lowest BCUT2D eigenvalue weighted by molar-refractivity contribution is 1.08. The van der Waals surface area contributed by atoms with Crippen molar-refractivity contribution in [2.45, 2.75) is 0 Å². The van der Waals surface area contributed by atoms with Crippen LogP contribution < -0.4 is 5.56 Å². The number of imidazole rings is 1. The molecule has 0 N–H and O–H groups in total. The molecule has 58 heavy (non-hydrogen) atoms. The monoisotopic (exact) mass is 742 g/mol. The van der Waals surface area contributed by atoms with Crippen LogP contribution in [0.2, 0.25) is 0 Å². The predicted octanol–water partition coefficient (Wildman–Crippen LogP) is 11.5. The molecule has 0 radical (unpaired) electrons. The highest BCUT2D eigenvalue weighted by atomic mass is 16.1. The lowest BCUT2D eigenvalue weighted by atomic mass is 10.0. The maximum absolute atomic E-state index is 14.5. The zero-order valence-electron chi connectivity index (χ0n) is 30.9. The molecule has 0 saturated heterocycles. The first kappa shape index (κ1) is 32.2. The molecular weight excluding hydrogens is 713 g/mol. The molecule has 4 heterocycles. The van der Waals surface area contributed by atoms with E-state index in [2.05, 4.69) is 71.3 Å². The van der Waals surface area contributed by atoms with Gasteiger partial charge >= 0.3 is 0 Å². The lowest BCUT2D eigenvalue weighted by Gasteiger charge is -2.15. The SMILES string of the molecule is O=c1c2ccccc2c2cc3c4ccccc4n(-c4ccc(-c5nc(-c6ccccc6)nc(-c6ccccc6)n5)c5ccccc45)c3c3nc(-c4ccccc4)n1c23. The van der Waals surface area contributed by atoms with Crippen LogP contribution in [-0.4, -0.2) is 28.9 Å². The summed E-state index contributed by atoms with van der Waals surface area (Å²) in [6.07, 6.45) is 0. The second-order valence-corrected chi connectivity index (χ2v) is 14.6. The van der Waals surface area contributed by atoms with E-state index < -0.39 is 0 Å². The van der Waals surface area contributed by atoms with Crippen molar-refractivity contribution in [3.05, 3.63) is 192 Å². The van der Waals surface area contributed by atoms with Crippen LogP contribution in [0.4, 0.5) is 0 Å². The minimum absolute atomic E-state index is 0.0802. The summed E-state index contributed by atoms with van der Waals surface area (Å²) in [5.41, 5.74) is 8.09.